The van der Waals surface area contributed by atoms with E-state index in [4.69, 9.17) is 4.74 Å². The molecule has 2 aliphatic rings. The van der Waals surface area contributed by atoms with Gasteiger partial charge in [0, 0.05) is 17.7 Å². The van der Waals surface area contributed by atoms with E-state index in [1.54, 1.807) is 4.90 Å². The van der Waals surface area contributed by atoms with E-state index in [-0.39, 0.29) is 17.3 Å². The van der Waals surface area contributed by atoms with Crippen molar-refractivity contribution < 1.29 is 19.6 Å². The quantitative estimate of drug-likeness (QED) is 0.665. The van der Waals surface area contributed by atoms with Crippen molar-refractivity contribution in [3.05, 3.63) is 33.9 Å². The van der Waals surface area contributed by atoms with Gasteiger partial charge in [0.25, 0.3) is 5.91 Å². The van der Waals surface area contributed by atoms with Crippen LogP contribution < -0.4 is 4.74 Å². The summed E-state index contributed by atoms with van der Waals surface area (Å²) in [7, 11) is 1.33. The number of benzene rings is 1. The molecule has 1 aliphatic carbocycles. The largest absolute Gasteiger partial charge is 0.490 e. The van der Waals surface area contributed by atoms with Gasteiger partial charge in [-0.15, -0.1) is 0 Å². The number of hydrogen-bond donors (Lipinski definition) is 1. The predicted molar refractivity (Wildman–Crippen MR) is 73.2 cm³/mol. The van der Waals surface area contributed by atoms with Gasteiger partial charge >= 0.3 is 5.69 Å². The summed E-state index contributed by atoms with van der Waals surface area (Å²) in [6, 6.07) is 4.05. The number of nitro groups is 1. The molecule has 1 aliphatic heterocycles. The van der Waals surface area contributed by atoms with E-state index in [1.165, 1.54) is 25.3 Å². The van der Waals surface area contributed by atoms with E-state index >= 15 is 0 Å². The van der Waals surface area contributed by atoms with Crippen LogP contribution in [0.15, 0.2) is 18.2 Å². The standard InChI is InChI=1S/C14H16N2O5/c1-21-12-6-9(2-5-11(12)16(19)20)13(17)15-7-14(18,8-15)10-3-4-10/h2,5-6,10,18H,3-4,7-8H2,1H3. The first kappa shape index (κ1) is 13.8. The minimum atomic E-state index is -0.736. The lowest BCUT2D eigenvalue weighted by Gasteiger charge is -2.47. The maximum atomic E-state index is 12.3. The monoisotopic (exact) mass is 292 g/mol. The molecule has 0 spiro atoms. The molecule has 0 bridgehead atoms. The van der Waals surface area contributed by atoms with Crippen LogP contribution in [-0.2, 0) is 0 Å². The summed E-state index contributed by atoms with van der Waals surface area (Å²) in [4.78, 5) is 24.1. The molecule has 1 aromatic carbocycles. The average molecular weight is 292 g/mol. The number of hydrogen-bond acceptors (Lipinski definition) is 5. The summed E-state index contributed by atoms with van der Waals surface area (Å²) in [6.45, 7) is 0.658. The van der Waals surface area contributed by atoms with Crippen LogP contribution in [0.2, 0.25) is 0 Å². The average Bonchev–Trinajstić information content (AvgIpc) is 3.27. The number of β-amino-alcohol motifs (C(OH)–C–C–N with tert-alkyl or cyclic N) is 1. The molecule has 7 heteroatoms. The third kappa shape index (κ3) is 2.33. The van der Waals surface area contributed by atoms with Crippen LogP contribution in [0.3, 0.4) is 0 Å². The van der Waals surface area contributed by atoms with Crippen molar-refractivity contribution in [3.8, 4) is 5.75 Å². The Kier molecular flexibility index (Phi) is 3.09. The summed E-state index contributed by atoms with van der Waals surface area (Å²) < 4.78 is 4.96. The van der Waals surface area contributed by atoms with Crippen molar-refractivity contribution in [2.45, 2.75) is 18.4 Å². The van der Waals surface area contributed by atoms with Crippen molar-refractivity contribution in [3.63, 3.8) is 0 Å². The first-order valence-corrected chi connectivity index (χ1v) is 6.79. The van der Waals surface area contributed by atoms with Gasteiger partial charge in [-0.1, -0.05) is 0 Å². The lowest BCUT2D eigenvalue weighted by Crippen LogP contribution is -2.64. The van der Waals surface area contributed by atoms with Gasteiger partial charge < -0.3 is 14.7 Å². The molecule has 1 heterocycles. The zero-order chi connectivity index (χ0) is 15.2. The van der Waals surface area contributed by atoms with Gasteiger partial charge in [-0.3, -0.25) is 14.9 Å². The van der Waals surface area contributed by atoms with E-state index in [0.717, 1.165) is 12.8 Å². The Morgan fingerprint density at radius 3 is 2.67 bits per heavy atom. The molecule has 1 aromatic rings. The van der Waals surface area contributed by atoms with E-state index in [9.17, 15) is 20.0 Å². The Morgan fingerprint density at radius 2 is 2.14 bits per heavy atom. The Hall–Kier alpha value is -2.15. The van der Waals surface area contributed by atoms with Crippen molar-refractivity contribution in [2.24, 2.45) is 5.92 Å². The summed E-state index contributed by atoms with van der Waals surface area (Å²) in [5.41, 5.74) is -0.581. The number of carbonyl (C=O) groups excluding carboxylic acids is 1. The van der Waals surface area contributed by atoms with Gasteiger partial charge in [0.1, 0.15) is 5.60 Å². The number of carbonyl (C=O) groups is 1. The SMILES string of the molecule is COc1cc(C(=O)N2CC(O)(C3CC3)C2)ccc1[N+](=O)[O-]. The fraction of sp³-hybridized carbons (Fsp3) is 0.500. The summed E-state index contributed by atoms with van der Waals surface area (Å²) in [5, 5.41) is 21.1. The predicted octanol–water partition coefficient (Wildman–Crippen LogP) is 1.20. The molecule has 1 amide bonds. The second kappa shape index (κ2) is 4.70. The van der Waals surface area contributed by atoms with Crippen molar-refractivity contribution in [2.75, 3.05) is 20.2 Å². The minimum Gasteiger partial charge on any atom is -0.490 e. The number of likely N-dealkylation sites (tertiary alicyclic amines) is 1. The number of ether oxygens (including phenoxy) is 1. The second-order valence-corrected chi connectivity index (χ2v) is 5.68. The highest BCUT2D eigenvalue weighted by molar-refractivity contribution is 5.95. The van der Waals surface area contributed by atoms with E-state index in [1.807, 2.05) is 0 Å². The van der Waals surface area contributed by atoms with Crippen LogP contribution in [0.4, 0.5) is 5.69 Å². The van der Waals surface area contributed by atoms with Crippen molar-refractivity contribution in [1.82, 2.24) is 4.90 Å². The van der Waals surface area contributed by atoms with E-state index in [2.05, 4.69) is 0 Å². The van der Waals surface area contributed by atoms with Crippen LogP contribution >= 0.6 is 0 Å². The molecule has 0 aromatic heterocycles. The number of nitrogens with zero attached hydrogens (tertiary/aromatic N) is 2. The van der Waals surface area contributed by atoms with Gasteiger partial charge in [-0.25, -0.2) is 0 Å². The van der Waals surface area contributed by atoms with Crippen molar-refractivity contribution >= 4 is 11.6 Å². The fourth-order valence-corrected chi connectivity index (χ4v) is 2.78. The summed E-state index contributed by atoms with van der Waals surface area (Å²) >= 11 is 0. The number of amides is 1. The highest BCUT2D eigenvalue weighted by Crippen LogP contribution is 2.44. The molecule has 7 nitrogen and oxygen atoms in total. The van der Waals surface area contributed by atoms with Crippen molar-refractivity contribution in [1.29, 1.82) is 0 Å². The fourth-order valence-electron chi connectivity index (χ4n) is 2.78. The van der Waals surface area contributed by atoms with Gasteiger partial charge in [0.2, 0.25) is 0 Å². The van der Waals surface area contributed by atoms with Crippen LogP contribution in [0.25, 0.3) is 0 Å². The Labute approximate surface area is 121 Å². The second-order valence-electron chi connectivity index (χ2n) is 5.68. The normalized spacial score (nSPS) is 19.8. The Bertz CT molecular complexity index is 605. The first-order chi connectivity index (χ1) is 9.94. The molecular formula is C14H16N2O5. The Balaban J connectivity index is 1.75. The molecule has 1 saturated carbocycles. The molecular weight excluding hydrogens is 276 g/mol. The van der Waals surface area contributed by atoms with E-state index in [0.29, 0.717) is 24.6 Å². The number of aliphatic hydroxyl groups is 1. The lowest BCUT2D eigenvalue weighted by atomic mass is 9.88. The van der Waals surface area contributed by atoms with Crippen LogP contribution in [-0.4, -0.2) is 46.6 Å². The van der Waals surface area contributed by atoms with Gasteiger partial charge in [-0.2, -0.15) is 0 Å². The summed E-state index contributed by atoms with van der Waals surface area (Å²) in [5.74, 6) is 0.130. The maximum Gasteiger partial charge on any atom is 0.310 e. The number of methoxy groups -OCH3 is 1. The topological polar surface area (TPSA) is 92.9 Å². The molecule has 3 rings (SSSR count). The zero-order valence-corrected chi connectivity index (χ0v) is 11.6. The van der Waals surface area contributed by atoms with E-state index < -0.39 is 10.5 Å². The van der Waals surface area contributed by atoms with Crippen LogP contribution in [0, 0.1) is 16.0 Å². The molecule has 1 saturated heterocycles. The third-order valence-corrected chi connectivity index (χ3v) is 4.18. The number of nitro benzene ring substituents is 1. The molecule has 1 N–H and O–H groups in total. The molecule has 0 radical (unpaired) electrons. The van der Waals surface area contributed by atoms with Gasteiger partial charge in [-0.05, 0) is 24.8 Å². The molecule has 2 fully saturated rings. The van der Waals surface area contributed by atoms with Gasteiger partial charge in [0.15, 0.2) is 5.75 Å². The first-order valence-electron chi connectivity index (χ1n) is 6.79. The van der Waals surface area contributed by atoms with Gasteiger partial charge in [0.05, 0.1) is 25.1 Å². The highest BCUT2D eigenvalue weighted by atomic mass is 16.6. The number of rotatable bonds is 4. The molecule has 21 heavy (non-hydrogen) atoms. The third-order valence-electron chi connectivity index (χ3n) is 4.18. The molecule has 0 atom stereocenters. The Morgan fingerprint density at radius 1 is 1.48 bits per heavy atom. The van der Waals surface area contributed by atoms with Crippen LogP contribution in [0.5, 0.6) is 5.75 Å². The molecule has 112 valence electrons. The summed E-state index contributed by atoms with van der Waals surface area (Å²) in [6.07, 6.45) is 2.04. The zero-order valence-electron chi connectivity index (χ0n) is 11.6. The minimum absolute atomic E-state index is 0.0591. The lowest BCUT2D eigenvalue weighted by molar-refractivity contribution is -0.385. The van der Waals surface area contributed by atoms with Crippen LogP contribution in [0.1, 0.15) is 23.2 Å². The maximum absolute atomic E-state index is 12.3. The molecule has 0 unspecified atom stereocenters. The highest BCUT2D eigenvalue weighted by Gasteiger charge is 2.53. The smallest absolute Gasteiger partial charge is 0.310 e.